The molecule has 0 saturated carbocycles. The highest BCUT2D eigenvalue weighted by molar-refractivity contribution is 9.12. The van der Waals surface area contributed by atoms with Crippen LogP contribution in [-0.4, -0.2) is 13.2 Å². The fraction of sp³-hybridized carbons (Fsp3) is 0.286. The molecule has 2 aromatic rings. The van der Waals surface area contributed by atoms with Crippen LogP contribution in [0.25, 0.3) is 0 Å². The summed E-state index contributed by atoms with van der Waals surface area (Å²) < 4.78 is 14.4. The van der Waals surface area contributed by atoms with Gasteiger partial charge in [-0.15, -0.1) is 11.3 Å². The van der Waals surface area contributed by atoms with Crippen LogP contribution in [-0.2, 0) is 0 Å². The molecule has 0 fully saturated rings. The second kappa shape index (κ2) is 6.58. The number of thiophene rings is 1. The molecule has 112 valence electrons. The van der Waals surface area contributed by atoms with Gasteiger partial charge >= 0.3 is 0 Å². The maximum Gasteiger partial charge on any atom is 0.162 e. The molecule has 0 saturated heterocycles. The standard InChI is InChI=1S/C14H12Br3NO2S/c15-9-6-11-10(19-2-1-3-20-11)4-7(9)13(18)8-5-12(16)21-14(8)17/h4-6,13H,1-3,18H2. The minimum Gasteiger partial charge on any atom is -0.490 e. The Morgan fingerprint density at radius 2 is 1.67 bits per heavy atom. The Morgan fingerprint density at radius 3 is 2.29 bits per heavy atom. The predicted molar refractivity (Wildman–Crippen MR) is 95.5 cm³/mol. The molecule has 7 heteroatoms. The van der Waals surface area contributed by atoms with Crippen LogP contribution in [0.15, 0.2) is 30.2 Å². The van der Waals surface area contributed by atoms with Gasteiger partial charge in [0.25, 0.3) is 0 Å². The van der Waals surface area contributed by atoms with E-state index in [9.17, 15) is 0 Å². The molecule has 1 atom stereocenters. The van der Waals surface area contributed by atoms with Crippen molar-refractivity contribution >= 4 is 59.1 Å². The van der Waals surface area contributed by atoms with Crippen molar-refractivity contribution in [2.75, 3.05) is 13.2 Å². The molecule has 1 aromatic heterocycles. The number of rotatable bonds is 2. The summed E-state index contributed by atoms with van der Waals surface area (Å²) in [4.78, 5) is 0. The highest BCUT2D eigenvalue weighted by atomic mass is 79.9. The van der Waals surface area contributed by atoms with Crippen LogP contribution in [0.1, 0.15) is 23.6 Å². The summed E-state index contributed by atoms with van der Waals surface area (Å²) in [6.07, 6.45) is 0.886. The van der Waals surface area contributed by atoms with Crippen molar-refractivity contribution in [3.63, 3.8) is 0 Å². The molecular formula is C14H12Br3NO2S. The van der Waals surface area contributed by atoms with Crippen molar-refractivity contribution in [1.29, 1.82) is 0 Å². The first kappa shape index (κ1) is 15.8. The molecule has 0 spiro atoms. The van der Waals surface area contributed by atoms with Gasteiger partial charge < -0.3 is 15.2 Å². The molecule has 21 heavy (non-hydrogen) atoms. The monoisotopic (exact) mass is 495 g/mol. The van der Waals surface area contributed by atoms with Crippen LogP contribution >= 0.6 is 59.1 Å². The molecule has 1 aliphatic rings. The number of halogens is 3. The van der Waals surface area contributed by atoms with Crippen molar-refractivity contribution in [3.05, 3.63) is 41.4 Å². The summed E-state index contributed by atoms with van der Waals surface area (Å²) in [7, 11) is 0. The Kier molecular flexibility index (Phi) is 4.95. The van der Waals surface area contributed by atoms with Crippen molar-refractivity contribution in [2.45, 2.75) is 12.5 Å². The van der Waals surface area contributed by atoms with E-state index in [1.54, 1.807) is 11.3 Å². The summed E-state index contributed by atoms with van der Waals surface area (Å²) in [5.41, 5.74) is 8.45. The largest absolute Gasteiger partial charge is 0.490 e. The number of benzene rings is 1. The quantitative estimate of drug-likeness (QED) is 0.616. The van der Waals surface area contributed by atoms with E-state index in [1.165, 1.54) is 0 Å². The molecule has 0 aliphatic carbocycles. The third-order valence-corrected chi connectivity index (χ3v) is 6.29. The lowest BCUT2D eigenvalue weighted by Gasteiger charge is -2.17. The lowest BCUT2D eigenvalue weighted by Crippen LogP contribution is -2.12. The summed E-state index contributed by atoms with van der Waals surface area (Å²) in [6, 6.07) is 5.70. The van der Waals surface area contributed by atoms with Gasteiger partial charge in [0, 0.05) is 10.9 Å². The number of hydrogen-bond donors (Lipinski definition) is 1. The summed E-state index contributed by atoms with van der Waals surface area (Å²) in [6.45, 7) is 1.34. The van der Waals surface area contributed by atoms with Gasteiger partial charge in [-0.3, -0.25) is 0 Å². The summed E-state index contributed by atoms with van der Waals surface area (Å²) in [5, 5.41) is 0. The van der Waals surface area contributed by atoms with E-state index in [0.29, 0.717) is 13.2 Å². The summed E-state index contributed by atoms with van der Waals surface area (Å²) >= 11 is 12.3. The zero-order valence-corrected chi connectivity index (χ0v) is 16.4. The molecule has 3 nitrogen and oxygen atoms in total. The third kappa shape index (κ3) is 3.32. The van der Waals surface area contributed by atoms with Crippen LogP contribution in [0, 0.1) is 0 Å². The molecule has 0 amide bonds. The molecule has 0 radical (unpaired) electrons. The first-order chi connectivity index (χ1) is 10.1. The van der Waals surface area contributed by atoms with E-state index >= 15 is 0 Å². The SMILES string of the molecule is NC(c1cc2c(cc1Br)OCCCO2)c1cc(Br)sc1Br. The van der Waals surface area contributed by atoms with Crippen molar-refractivity contribution in [3.8, 4) is 11.5 Å². The molecule has 2 N–H and O–H groups in total. The first-order valence-electron chi connectivity index (χ1n) is 6.35. The second-order valence-corrected chi connectivity index (χ2v) is 9.23. The van der Waals surface area contributed by atoms with Crippen molar-refractivity contribution < 1.29 is 9.47 Å². The zero-order valence-electron chi connectivity index (χ0n) is 10.9. The van der Waals surface area contributed by atoms with Gasteiger partial charge in [0.15, 0.2) is 11.5 Å². The molecule has 0 bridgehead atoms. The van der Waals surface area contributed by atoms with Gasteiger partial charge in [-0.1, -0.05) is 15.9 Å². The minimum absolute atomic E-state index is 0.242. The molecule has 1 aliphatic heterocycles. The van der Waals surface area contributed by atoms with Gasteiger partial charge in [0.1, 0.15) is 0 Å². The topological polar surface area (TPSA) is 44.5 Å². The Morgan fingerprint density at radius 1 is 1.00 bits per heavy atom. The Balaban J connectivity index is 2.02. The molecule has 2 heterocycles. The van der Waals surface area contributed by atoms with Crippen LogP contribution in [0.4, 0.5) is 0 Å². The highest BCUT2D eigenvalue weighted by Crippen LogP contribution is 2.42. The zero-order chi connectivity index (χ0) is 15.0. The van der Waals surface area contributed by atoms with Gasteiger partial charge in [-0.2, -0.15) is 0 Å². The number of hydrogen-bond acceptors (Lipinski definition) is 4. The van der Waals surface area contributed by atoms with Gasteiger partial charge in [-0.05, 0) is 61.2 Å². The van der Waals surface area contributed by atoms with E-state index in [2.05, 4.69) is 47.8 Å². The average molecular weight is 498 g/mol. The average Bonchev–Trinajstić information content (AvgIpc) is 2.64. The van der Waals surface area contributed by atoms with Gasteiger partial charge in [0.2, 0.25) is 0 Å². The molecular weight excluding hydrogens is 486 g/mol. The molecule has 3 rings (SSSR count). The maximum atomic E-state index is 6.43. The van der Waals surface area contributed by atoms with E-state index in [-0.39, 0.29) is 6.04 Å². The van der Waals surface area contributed by atoms with Crippen LogP contribution in [0.5, 0.6) is 11.5 Å². The normalized spacial score (nSPS) is 15.6. The third-order valence-electron chi connectivity index (χ3n) is 3.22. The highest BCUT2D eigenvalue weighted by Gasteiger charge is 2.21. The fourth-order valence-corrected chi connectivity index (χ4v) is 5.67. The maximum absolute atomic E-state index is 6.43. The minimum atomic E-state index is -0.242. The Hall–Kier alpha value is -0.0800. The lowest BCUT2D eigenvalue weighted by atomic mass is 10.0. The van der Waals surface area contributed by atoms with Gasteiger partial charge in [-0.25, -0.2) is 0 Å². The van der Waals surface area contributed by atoms with E-state index in [1.807, 2.05) is 18.2 Å². The fourth-order valence-electron chi connectivity index (χ4n) is 2.17. The smallest absolute Gasteiger partial charge is 0.162 e. The van der Waals surface area contributed by atoms with Crippen molar-refractivity contribution in [1.82, 2.24) is 0 Å². The Labute approximate surface area is 152 Å². The summed E-state index contributed by atoms with van der Waals surface area (Å²) in [5.74, 6) is 1.52. The number of ether oxygens (including phenoxy) is 2. The van der Waals surface area contributed by atoms with Gasteiger partial charge in [0.05, 0.1) is 26.8 Å². The van der Waals surface area contributed by atoms with E-state index < -0.39 is 0 Å². The lowest BCUT2D eigenvalue weighted by molar-refractivity contribution is 0.297. The van der Waals surface area contributed by atoms with E-state index in [0.717, 1.165) is 41.1 Å². The van der Waals surface area contributed by atoms with Crippen LogP contribution in [0.3, 0.4) is 0 Å². The number of nitrogens with two attached hydrogens (primary N) is 1. The molecule has 1 unspecified atom stereocenters. The first-order valence-corrected chi connectivity index (χ1v) is 9.55. The van der Waals surface area contributed by atoms with Crippen LogP contribution < -0.4 is 15.2 Å². The number of fused-ring (bicyclic) bond motifs is 1. The van der Waals surface area contributed by atoms with E-state index in [4.69, 9.17) is 15.2 Å². The van der Waals surface area contributed by atoms with Crippen LogP contribution in [0.2, 0.25) is 0 Å². The van der Waals surface area contributed by atoms with Crippen molar-refractivity contribution in [2.24, 2.45) is 5.73 Å². The second-order valence-electron chi connectivity index (χ2n) is 4.63. The Bertz CT molecular complexity index is 674. The molecule has 1 aromatic carbocycles. The predicted octanol–water partition coefficient (Wildman–Crippen LogP) is 5.25.